The van der Waals surface area contributed by atoms with Gasteiger partial charge in [-0.3, -0.25) is 0 Å². The molecule has 0 saturated heterocycles. The molecule has 2 saturated carbocycles. The summed E-state index contributed by atoms with van der Waals surface area (Å²) in [6.45, 7) is 7.86. The average Bonchev–Trinajstić information content (AvgIpc) is 3.23. The fraction of sp³-hybridized carbons (Fsp3) is 0.765. The first-order chi connectivity index (χ1) is 10.1. The van der Waals surface area contributed by atoms with E-state index in [1.807, 2.05) is 0 Å². The summed E-state index contributed by atoms with van der Waals surface area (Å²) in [7, 11) is 0. The molecule has 0 bridgehead atoms. The minimum absolute atomic E-state index is 0.363. The van der Waals surface area contributed by atoms with Gasteiger partial charge in [0, 0.05) is 24.6 Å². The zero-order chi connectivity index (χ0) is 14.9. The molecule has 3 rings (SSSR count). The lowest BCUT2D eigenvalue weighted by Crippen LogP contribution is -2.31. The van der Waals surface area contributed by atoms with Crippen molar-refractivity contribution in [2.45, 2.75) is 71.3 Å². The highest BCUT2D eigenvalue weighted by atomic mass is 15.1. The molecule has 1 unspecified atom stereocenters. The minimum Gasteiger partial charge on any atom is -0.370 e. The molecule has 0 aromatic carbocycles. The van der Waals surface area contributed by atoms with Crippen LogP contribution in [0.1, 0.15) is 71.0 Å². The van der Waals surface area contributed by atoms with Crippen molar-refractivity contribution in [3.63, 3.8) is 0 Å². The topological polar surface area (TPSA) is 49.8 Å². The van der Waals surface area contributed by atoms with Crippen LogP contribution in [0.5, 0.6) is 0 Å². The van der Waals surface area contributed by atoms with E-state index in [9.17, 15) is 0 Å². The third-order valence-corrected chi connectivity index (χ3v) is 4.82. The van der Waals surface area contributed by atoms with Gasteiger partial charge in [0.1, 0.15) is 17.5 Å². The normalized spacial score (nSPS) is 24.0. The molecule has 2 aliphatic rings. The molecule has 2 fully saturated rings. The Hall–Kier alpha value is -1.32. The second-order valence-corrected chi connectivity index (χ2v) is 7.28. The number of aromatic nitrogens is 2. The van der Waals surface area contributed by atoms with Gasteiger partial charge in [-0.2, -0.15) is 0 Å². The van der Waals surface area contributed by atoms with E-state index in [1.165, 1.54) is 32.1 Å². The summed E-state index contributed by atoms with van der Waals surface area (Å²) in [6.07, 6.45) is 7.45. The van der Waals surface area contributed by atoms with Crippen LogP contribution in [0.15, 0.2) is 6.07 Å². The van der Waals surface area contributed by atoms with Crippen molar-refractivity contribution in [3.8, 4) is 0 Å². The van der Waals surface area contributed by atoms with Crippen molar-refractivity contribution in [1.29, 1.82) is 0 Å². The largest absolute Gasteiger partial charge is 0.370 e. The number of nitrogens with zero attached hydrogens (tertiary/aromatic N) is 2. The van der Waals surface area contributed by atoms with E-state index in [1.54, 1.807) is 0 Å². The summed E-state index contributed by atoms with van der Waals surface area (Å²) in [5.41, 5.74) is 0.363. The molecule has 0 amide bonds. The van der Waals surface area contributed by atoms with Gasteiger partial charge in [-0.1, -0.05) is 27.2 Å². The minimum atomic E-state index is 0.363. The Morgan fingerprint density at radius 2 is 1.95 bits per heavy atom. The van der Waals surface area contributed by atoms with Gasteiger partial charge in [0.2, 0.25) is 0 Å². The Kier molecular flexibility index (Phi) is 4.05. The van der Waals surface area contributed by atoms with E-state index in [-0.39, 0.29) is 0 Å². The highest BCUT2D eigenvalue weighted by Gasteiger charge is 2.35. The molecular formula is C17H28N4. The van der Waals surface area contributed by atoms with Gasteiger partial charge < -0.3 is 10.6 Å². The first-order valence-electron chi connectivity index (χ1n) is 8.48. The van der Waals surface area contributed by atoms with Crippen LogP contribution in [0, 0.1) is 5.41 Å². The fourth-order valence-corrected chi connectivity index (χ4v) is 3.18. The van der Waals surface area contributed by atoms with Gasteiger partial charge in [0.25, 0.3) is 0 Å². The molecule has 4 heteroatoms. The number of nitrogens with one attached hydrogen (secondary N) is 2. The summed E-state index contributed by atoms with van der Waals surface area (Å²) in [4.78, 5) is 9.45. The van der Waals surface area contributed by atoms with E-state index in [4.69, 9.17) is 4.98 Å². The molecule has 1 atom stereocenters. The summed E-state index contributed by atoms with van der Waals surface area (Å²) in [5, 5.41) is 7.09. The smallest absolute Gasteiger partial charge is 0.136 e. The second-order valence-electron chi connectivity index (χ2n) is 7.28. The molecule has 4 nitrogen and oxygen atoms in total. The fourth-order valence-electron chi connectivity index (χ4n) is 3.18. The molecule has 1 heterocycles. The molecule has 0 spiro atoms. The van der Waals surface area contributed by atoms with Crippen LogP contribution in [0.3, 0.4) is 0 Å². The summed E-state index contributed by atoms with van der Waals surface area (Å²) < 4.78 is 0. The van der Waals surface area contributed by atoms with Crippen LogP contribution in [0.2, 0.25) is 0 Å². The Morgan fingerprint density at radius 3 is 2.57 bits per heavy atom. The van der Waals surface area contributed by atoms with Gasteiger partial charge in [-0.25, -0.2) is 9.97 Å². The zero-order valence-corrected chi connectivity index (χ0v) is 13.6. The van der Waals surface area contributed by atoms with E-state index in [0.717, 1.165) is 30.4 Å². The predicted octanol–water partition coefficient (Wildman–Crippen LogP) is 4.17. The Balaban J connectivity index is 1.78. The van der Waals surface area contributed by atoms with Crippen LogP contribution < -0.4 is 10.6 Å². The summed E-state index contributed by atoms with van der Waals surface area (Å²) in [5.74, 6) is 3.59. The van der Waals surface area contributed by atoms with E-state index in [0.29, 0.717) is 17.4 Å². The van der Waals surface area contributed by atoms with Gasteiger partial charge >= 0.3 is 0 Å². The van der Waals surface area contributed by atoms with Gasteiger partial charge in [0.05, 0.1) is 0 Å². The van der Waals surface area contributed by atoms with E-state index >= 15 is 0 Å². The third-order valence-electron chi connectivity index (χ3n) is 4.82. The van der Waals surface area contributed by atoms with Gasteiger partial charge in [-0.05, 0) is 37.5 Å². The van der Waals surface area contributed by atoms with Gasteiger partial charge in [0.15, 0.2) is 0 Å². The lowest BCUT2D eigenvalue weighted by Gasteiger charge is -2.28. The molecule has 2 N–H and O–H groups in total. The van der Waals surface area contributed by atoms with E-state index < -0.39 is 0 Å². The molecule has 0 radical (unpaired) electrons. The molecule has 116 valence electrons. The van der Waals surface area contributed by atoms with Crippen molar-refractivity contribution in [2.24, 2.45) is 5.41 Å². The highest BCUT2D eigenvalue weighted by molar-refractivity contribution is 5.49. The standard InChI is InChI=1S/C17H28N4/c1-4-10-18-14-11-15(21-16(20-14)12-7-8-12)19-13-6-5-9-17(13,2)3/h11-13H,4-10H2,1-3H3,(H2,18,19,20,21). The number of rotatable bonds is 6. The lowest BCUT2D eigenvalue weighted by atomic mass is 9.87. The van der Waals surface area contributed by atoms with Gasteiger partial charge in [-0.15, -0.1) is 0 Å². The molecular weight excluding hydrogens is 260 g/mol. The molecule has 2 aliphatic carbocycles. The van der Waals surface area contributed by atoms with Crippen molar-refractivity contribution in [2.75, 3.05) is 17.2 Å². The maximum atomic E-state index is 4.77. The summed E-state index contributed by atoms with van der Waals surface area (Å²) in [6, 6.07) is 2.61. The Morgan fingerprint density at radius 1 is 1.19 bits per heavy atom. The Labute approximate surface area is 128 Å². The van der Waals surface area contributed by atoms with Crippen LogP contribution in [-0.2, 0) is 0 Å². The lowest BCUT2D eigenvalue weighted by molar-refractivity contribution is 0.349. The predicted molar refractivity (Wildman–Crippen MR) is 87.8 cm³/mol. The Bertz CT molecular complexity index is 494. The van der Waals surface area contributed by atoms with E-state index in [2.05, 4.69) is 42.5 Å². The maximum absolute atomic E-state index is 4.77. The van der Waals surface area contributed by atoms with Crippen molar-refractivity contribution < 1.29 is 0 Å². The first-order valence-corrected chi connectivity index (χ1v) is 8.48. The number of hydrogen-bond acceptors (Lipinski definition) is 4. The second kappa shape index (κ2) is 5.82. The maximum Gasteiger partial charge on any atom is 0.136 e. The SMILES string of the molecule is CCCNc1cc(NC2CCCC2(C)C)nc(C2CC2)n1. The zero-order valence-electron chi connectivity index (χ0n) is 13.6. The quantitative estimate of drug-likeness (QED) is 0.825. The van der Waals surface area contributed by atoms with Crippen LogP contribution in [0.4, 0.5) is 11.6 Å². The number of anilines is 2. The summed E-state index contributed by atoms with van der Waals surface area (Å²) >= 11 is 0. The van der Waals surface area contributed by atoms with Crippen LogP contribution in [0.25, 0.3) is 0 Å². The first kappa shape index (κ1) is 14.6. The number of hydrogen-bond donors (Lipinski definition) is 2. The van der Waals surface area contributed by atoms with Crippen molar-refractivity contribution in [1.82, 2.24) is 9.97 Å². The highest BCUT2D eigenvalue weighted by Crippen LogP contribution is 2.41. The van der Waals surface area contributed by atoms with Crippen molar-refractivity contribution in [3.05, 3.63) is 11.9 Å². The molecule has 1 aromatic rings. The third kappa shape index (κ3) is 3.47. The molecule has 21 heavy (non-hydrogen) atoms. The molecule has 1 aromatic heterocycles. The van der Waals surface area contributed by atoms with Crippen LogP contribution >= 0.6 is 0 Å². The average molecular weight is 288 g/mol. The monoisotopic (exact) mass is 288 g/mol. The van der Waals surface area contributed by atoms with Crippen molar-refractivity contribution >= 4 is 11.6 Å². The molecule has 0 aliphatic heterocycles. The van der Waals surface area contributed by atoms with Crippen LogP contribution in [-0.4, -0.2) is 22.6 Å².